The molecular formula is C21H24F9NO11S3. The zero-order valence-corrected chi connectivity index (χ0v) is 25.4. The van der Waals surface area contributed by atoms with Crippen molar-refractivity contribution in [3.05, 3.63) is 29.8 Å². The van der Waals surface area contributed by atoms with Gasteiger partial charge in [-0.05, 0) is 57.4 Å². The Morgan fingerprint density at radius 2 is 1.20 bits per heavy atom. The Balaban J connectivity index is 2.97. The van der Waals surface area contributed by atoms with E-state index in [1.54, 1.807) is 20.8 Å². The smallest absolute Gasteiger partial charge is 0.465 e. The van der Waals surface area contributed by atoms with Gasteiger partial charge in [0.25, 0.3) is 10.0 Å². The van der Waals surface area contributed by atoms with E-state index in [0.717, 1.165) is 0 Å². The van der Waals surface area contributed by atoms with Gasteiger partial charge in [0.1, 0.15) is 5.75 Å². The molecule has 0 spiro atoms. The van der Waals surface area contributed by atoms with Gasteiger partial charge >= 0.3 is 54.0 Å². The summed E-state index contributed by atoms with van der Waals surface area (Å²) in [5.74, 6) is -10.5. The van der Waals surface area contributed by atoms with E-state index >= 15 is 0 Å². The lowest BCUT2D eigenvalue weighted by molar-refractivity contribution is -0.245. The van der Waals surface area contributed by atoms with Crippen LogP contribution in [0, 0.1) is 5.41 Å². The summed E-state index contributed by atoms with van der Waals surface area (Å²) in [7, 11) is -22.7. The van der Waals surface area contributed by atoms with Crippen molar-refractivity contribution in [3.8, 4) is 5.75 Å². The van der Waals surface area contributed by atoms with Gasteiger partial charge in [0.05, 0.1) is 24.2 Å². The molecule has 0 aliphatic heterocycles. The van der Waals surface area contributed by atoms with E-state index < -0.39 is 84.9 Å². The Kier molecular flexibility index (Phi) is 12.0. The minimum absolute atomic E-state index is 0.00500. The SMILES string of the molecule is CCC(C)(C)C(=O)OCCCCOC(=O)c1ccc(OS(=O)(=O)C(F)(F)C(F)(F)C(F)(F)S(=O)(=O)NS(=O)(=O)C(F)(F)F)cc1. The number of hydrogen-bond donors (Lipinski definition) is 1. The number of unbranched alkanes of at least 4 members (excludes halogenated alkanes) is 1. The molecule has 0 aliphatic rings. The van der Waals surface area contributed by atoms with Gasteiger partial charge < -0.3 is 13.7 Å². The maximum atomic E-state index is 14.2. The Labute approximate surface area is 250 Å². The summed E-state index contributed by atoms with van der Waals surface area (Å²) in [4.78, 5) is 23.9. The highest BCUT2D eigenvalue weighted by atomic mass is 32.3. The van der Waals surface area contributed by atoms with E-state index in [1.165, 1.54) is 0 Å². The molecule has 0 bridgehead atoms. The second-order valence-electron chi connectivity index (χ2n) is 9.42. The molecule has 0 heterocycles. The van der Waals surface area contributed by atoms with Crippen molar-refractivity contribution >= 4 is 42.1 Å². The first-order chi connectivity index (χ1) is 20.0. The molecule has 0 fully saturated rings. The molecule has 0 aromatic heterocycles. The van der Waals surface area contributed by atoms with Gasteiger partial charge in [-0.15, -0.1) is 0 Å². The minimum atomic E-state index is -7.93. The summed E-state index contributed by atoms with van der Waals surface area (Å²) < 4.78 is 202. The Morgan fingerprint density at radius 1 is 0.733 bits per heavy atom. The molecule has 1 aromatic carbocycles. The summed E-state index contributed by atoms with van der Waals surface area (Å²) in [5.41, 5.74) is -7.81. The molecule has 1 N–H and O–H groups in total. The fourth-order valence-electron chi connectivity index (χ4n) is 2.52. The molecule has 24 heteroatoms. The number of benzene rings is 1. The first-order valence-electron chi connectivity index (χ1n) is 11.9. The number of alkyl halides is 9. The van der Waals surface area contributed by atoms with Gasteiger partial charge in [0, 0.05) is 0 Å². The lowest BCUT2D eigenvalue weighted by atomic mass is 9.91. The van der Waals surface area contributed by atoms with Crippen molar-refractivity contribution in [2.24, 2.45) is 5.41 Å². The highest BCUT2D eigenvalue weighted by Gasteiger charge is 2.83. The van der Waals surface area contributed by atoms with Gasteiger partial charge in [-0.1, -0.05) is 11.1 Å². The molecule has 0 aliphatic carbocycles. The van der Waals surface area contributed by atoms with Crippen LogP contribution in [-0.4, -0.2) is 72.3 Å². The summed E-state index contributed by atoms with van der Waals surface area (Å²) >= 11 is 0. The second-order valence-corrected chi connectivity index (χ2v) is 14.7. The zero-order valence-electron chi connectivity index (χ0n) is 23.0. The average molecular weight is 734 g/mol. The van der Waals surface area contributed by atoms with E-state index in [0.29, 0.717) is 30.7 Å². The molecule has 0 radical (unpaired) electrons. The third kappa shape index (κ3) is 8.69. The number of halogens is 9. The van der Waals surface area contributed by atoms with Crippen LogP contribution in [0.5, 0.6) is 5.75 Å². The molecule has 0 saturated heterocycles. The number of sulfonamides is 2. The largest absolute Gasteiger partial charge is 0.512 e. The highest BCUT2D eigenvalue weighted by molar-refractivity contribution is 8.05. The molecule has 260 valence electrons. The number of carbonyl (C=O) groups is 2. The Morgan fingerprint density at radius 3 is 1.64 bits per heavy atom. The van der Waals surface area contributed by atoms with E-state index in [1.807, 2.05) is 0 Å². The van der Waals surface area contributed by atoms with Gasteiger partial charge in [-0.2, -0.15) is 47.9 Å². The quantitative estimate of drug-likeness (QED) is 0.113. The number of carbonyl (C=O) groups excluding carboxylic acids is 2. The second kappa shape index (κ2) is 13.5. The van der Waals surface area contributed by atoms with Crippen LogP contribution in [-0.2, 0) is 44.4 Å². The molecule has 0 unspecified atom stereocenters. The molecular weight excluding hydrogens is 709 g/mol. The third-order valence-electron chi connectivity index (χ3n) is 5.64. The van der Waals surface area contributed by atoms with Gasteiger partial charge in [0.2, 0.25) is 0 Å². The van der Waals surface area contributed by atoms with Crippen LogP contribution < -0.4 is 8.31 Å². The van der Waals surface area contributed by atoms with Gasteiger partial charge in [-0.3, -0.25) is 4.79 Å². The van der Waals surface area contributed by atoms with Crippen LogP contribution in [0.3, 0.4) is 0 Å². The molecule has 12 nitrogen and oxygen atoms in total. The summed E-state index contributed by atoms with van der Waals surface area (Å²) in [6.07, 6.45) is 0.998. The maximum absolute atomic E-state index is 14.2. The van der Waals surface area contributed by atoms with E-state index in [4.69, 9.17) is 9.47 Å². The first-order valence-corrected chi connectivity index (χ1v) is 16.2. The summed E-state index contributed by atoms with van der Waals surface area (Å²) in [5, 5.41) is -14.8. The molecule has 0 atom stereocenters. The molecule has 0 amide bonds. The fourth-order valence-corrected chi connectivity index (χ4v) is 5.92. The number of nitrogens with one attached hydrogen (secondary N) is 1. The molecule has 0 saturated carbocycles. The summed E-state index contributed by atoms with van der Waals surface area (Å²) in [6, 6.07) is 2.04. The predicted molar refractivity (Wildman–Crippen MR) is 132 cm³/mol. The summed E-state index contributed by atoms with van der Waals surface area (Å²) in [6.45, 7) is 4.92. The van der Waals surface area contributed by atoms with Crippen LogP contribution in [0.25, 0.3) is 0 Å². The van der Waals surface area contributed by atoms with Crippen molar-refractivity contribution in [1.82, 2.24) is 4.13 Å². The van der Waals surface area contributed by atoms with Crippen molar-refractivity contribution in [2.45, 2.75) is 62.0 Å². The lowest BCUT2D eigenvalue weighted by Crippen LogP contribution is -2.64. The highest BCUT2D eigenvalue weighted by Crippen LogP contribution is 2.51. The average Bonchev–Trinajstić information content (AvgIpc) is 2.88. The maximum Gasteiger partial charge on any atom is 0.512 e. The van der Waals surface area contributed by atoms with Crippen molar-refractivity contribution in [2.75, 3.05) is 13.2 Å². The van der Waals surface area contributed by atoms with Crippen molar-refractivity contribution in [1.29, 1.82) is 0 Å². The van der Waals surface area contributed by atoms with Gasteiger partial charge in [-0.25, -0.2) is 21.6 Å². The molecule has 1 rings (SSSR count). The Bertz CT molecular complexity index is 1560. The first kappa shape index (κ1) is 40.2. The van der Waals surface area contributed by atoms with Crippen LogP contribution in [0.1, 0.15) is 50.4 Å². The normalized spacial score (nSPS) is 14.1. The number of rotatable bonds is 16. The predicted octanol–water partition coefficient (Wildman–Crippen LogP) is 3.90. The molecule has 1 aromatic rings. The van der Waals surface area contributed by atoms with Crippen LogP contribution in [0.2, 0.25) is 0 Å². The number of esters is 2. The van der Waals surface area contributed by atoms with Crippen molar-refractivity contribution < 1.29 is 88.0 Å². The van der Waals surface area contributed by atoms with E-state index in [9.17, 15) is 74.4 Å². The third-order valence-corrected chi connectivity index (χ3v) is 10.2. The van der Waals surface area contributed by atoms with Crippen molar-refractivity contribution in [3.63, 3.8) is 0 Å². The number of hydrogen-bond acceptors (Lipinski definition) is 11. The number of ether oxygens (including phenoxy) is 2. The van der Waals surface area contributed by atoms with Crippen LogP contribution >= 0.6 is 0 Å². The fraction of sp³-hybridized carbons (Fsp3) is 0.619. The minimum Gasteiger partial charge on any atom is -0.465 e. The molecule has 45 heavy (non-hydrogen) atoms. The monoisotopic (exact) mass is 733 g/mol. The van der Waals surface area contributed by atoms with Crippen LogP contribution in [0.4, 0.5) is 39.5 Å². The van der Waals surface area contributed by atoms with Gasteiger partial charge in [0.15, 0.2) is 0 Å². The van der Waals surface area contributed by atoms with E-state index in [-0.39, 0.29) is 26.1 Å². The van der Waals surface area contributed by atoms with Crippen LogP contribution in [0.15, 0.2) is 24.3 Å². The zero-order chi connectivity index (χ0) is 35.5. The topological polar surface area (TPSA) is 176 Å². The lowest BCUT2D eigenvalue weighted by Gasteiger charge is -2.31. The Hall–Kier alpha value is -2.86. The standard InChI is InChI=1S/C21H24F9NO11S3/c1-4-17(2,3)16(33)41-12-6-5-11-40-15(32)13-7-9-14(10-8-13)42-45(38,39)20(26,27)18(22,23)19(24,25)43(34,35)31-44(36,37)21(28,29)30/h7-10,31H,4-6,11-12H2,1-3H3. The van der Waals surface area contributed by atoms with E-state index in [2.05, 4.69) is 4.18 Å².